The maximum atomic E-state index is 10.3. The van der Waals surface area contributed by atoms with E-state index < -0.39 is 5.43 Å². The third-order valence-electron chi connectivity index (χ3n) is 3.09. The Kier molecular flexibility index (Phi) is 1.60. The van der Waals surface area contributed by atoms with Crippen LogP contribution in [-0.2, 0) is 4.74 Å². The van der Waals surface area contributed by atoms with Crippen molar-refractivity contribution in [2.45, 2.75) is 25.9 Å². The van der Waals surface area contributed by atoms with Crippen molar-refractivity contribution in [3.8, 4) is 0 Å². The largest absolute Gasteiger partial charge is 0.450 e. The molecule has 2 nitrogen and oxygen atoms in total. The third kappa shape index (κ3) is 1.24. The van der Waals surface area contributed by atoms with Crippen molar-refractivity contribution in [3.05, 3.63) is 0 Å². The molecule has 2 atom stereocenters. The standard InChI is InChI=1S/C8H11ClO2/c1-4-6-2-5(3-7(4)6)11-8(9)10/h4-7H,2-3H2,1H3. The van der Waals surface area contributed by atoms with Gasteiger partial charge in [0.25, 0.3) is 0 Å². The number of carbonyl (C=O) groups is 1. The zero-order valence-corrected chi connectivity index (χ0v) is 7.17. The Bertz CT molecular complexity index is 181. The number of halogens is 1. The van der Waals surface area contributed by atoms with Gasteiger partial charge in [-0.25, -0.2) is 4.79 Å². The lowest BCUT2D eigenvalue weighted by Crippen LogP contribution is -2.12. The SMILES string of the molecule is CC1C2CC(OC(=O)Cl)CC12. The summed E-state index contributed by atoms with van der Waals surface area (Å²) in [5.41, 5.74) is -0.649. The highest BCUT2D eigenvalue weighted by molar-refractivity contribution is 6.61. The van der Waals surface area contributed by atoms with E-state index in [1.54, 1.807) is 0 Å². The smallest absolute Gasteiger partial charge is 0.404 e. The molecule has 0 aromatic rings. The Morgan fingerprint density at radius 1 is 1.45 bits per heavy atom. The predicted molar refractivity (Wildman–Crippen MR) is 41.5 cm³/mol. The van der Waals surface area contributed by atoms with E-state index in [9.17, 15) is 4.79 Å². The van der Waals surface area contributed by atoms with Crippen LogP contribution in [0.4, 0.5) is 4.79 Å². The van der Waals surface area contributed by atoms with Crippen LogP contribution in [0, 0.1) is 17.8 Å². The Balaban J connectivity index is 1.81. The predicted octanol–water partition coefficient (Wildman–Crippen LogP) is 2.41. The fourth-order valence-corrected chi connectivity index (χ4v) is 2.47. The van der Waals surface area contributed by atoms with Crippen LogP contribution in [0.1, 0.15) is 19.8 Å². The van der Waals surface area contributed by atoms with E-state index in [0.29, 0.717) is 0 Å². The maximum Gasteiger partial charge on any atom is 0.404 e. The first-order valence-corrected chi connectivity index (χ1v) is 4.42. The first-order valence-electron chi connectivity index (χ1n) is 4.04. The van der Waals surface area contributed by atoms with Gasteiger partial charge in [-0.2, -0.15) is 0 Å². The van der Waals surface area contributed by atoms with E-state index in [2.05, 4.69) is 6.92 Å². The molecule has 62 valence electrons. The van der Waals surface area contributed by atoms with Crippen molar-refractivity contribution < 1.29 is 9.53 Å². The highest BCUT2D eigenvalue weighted by Crippen LogP contribution is 2.57. The average Bonchev–Trinajstić information content (AvgIpc) is 2.44. The van der Waals surface area contributed by atoms with E-state index >= 15 is 0 Å². The van der Waals surface area contributed by atoms with Crippen LogP contribution in [0.25, 0.3) is 0 Å². The lowest BCUT2D eigenvalue weighted by molar-refractivity contribution is 0.114. The molecular weight excluding hydrogens is 164 g/mol. The molecule has 0 radical (unpaired) electrons. The fourth-order valence-electron chi connectivity index (χ4n) is 2.35. The lowest BCUT2D eigenvalue weighted by Gasteiger charge is -2.11. The van der Waals surface area contributed by atoms with Crippen molar-refractivity contribution in [2.75, 3.05) is 0 Å². The number of ether oxygens (including phenoxy) is 1. The Morgan fingerprint density at radius 3 is 2.45 bits per heavy atom. The van der Waals surface area contributed by atoms with Crippen molar-refractivity contribution in [3.63, 3.8) is 0 Å². The second kappa shape index (κ2) is 2.37. The average molecular weight is 175 g/mol. The monoisotopic (exact) mass is 174 g/mol. The molecule has 2 rings (SSSR count). The first-order chi connectivity index (χ1) is 5.18. The van der Waals surface area contributed by atoms with Gasteiger partial charge in [0.05, 0.1) is 0 Å². The van der Waals surface area contributed by atoms with Gasteiger partial charge in [-0.1, -0.05) is 6.92 Å². The van der Waals surface area contributed by atoms with Crippen LogP contribution in [0.2, 0.25) is 0 Å². The Labute approximate surface area is 70.9 Å². The molecule has 0 aromatic carbocycles. The fraction of sp³-hybridized carbons (Fsp3) is 0.875. The molecule has 2 unspecified atom stereocenters. The molecule has 0 N–H and O–H groups in total. The molecule has 11 heavy (non-hydrogen) atoms. The summed E-state index contributed by atoms with van der Waals surface area (Å²) in [6.07, 6.45) is 2.18. The van der Waals surface area contributed by atoms with E-state index in [-0.39, 0.29) is 6.10 Å². The highest BCUT2D eigenvalue weighted by Gasteiger charge is 2.54. The summed E-state index contributed by atoms with van der Waals surface area (Å²) in [6, 6.07) is 0. The highest BCUT2D eigenvalue weighted by atomic mass is 35.5. The molecule has 0 heterocycles. The van der Waals surface area contributed by atoms with Gasteiger partial charge >= 0.3 is 5.43 Å². The molecule has 2 fully saturated rings. The van der Waals surface area contributed by atoms with Crippen molar-refractivity contribution >= 4 is 17.0 Å². The van der Waals surface area contributed by atoms with Crippen LogP contribution in [0.5, 0.6) is 0 Å². The third-order valence-corrected chi connectivity index (χ3v) is 3.18. The second-order valence-corrected chi connectivity index (χ2v) is 3.94. The van der Waals surface area contributed by atoms with Gasteiger partial charge < -0.3 is 4.74 Å². The molecule has 0 amide bonds. The van der Waals surface area contributed by atoms with Gasteiger partial charge in [-0.15, -0.1) is 0 Å². The minimum absolute atomic E-state index is 0.117. The summed E-state index contributed by atoms with van der Waals surface area (Å²) in [7, 11) is 0. The van der Waals surface area contributed by atoms with Gasteiger partial charge in [-0.05, 0) is 30.6 Å². The summed E-state index contributed by atoms with van der Waals surface area (Å²) in [5, 5.41) is 0. The molecule has 0 aromatic heterocycles. The van der Waals surface area contributed by atoms with E-state index in [0.717, 1.165) is 30.6 Å². The normalized spacial score (nSPS) is 46.7. The topological polar surface area (TPSA) is 26.3 Å². The van der Waals surface area contributed by atoms with Gasteiger partial charge in [0, 0.05) is 11.6 Å². The van der Waals surface area contributed by atoms with Crippen LogP contribution < -0.4 is 0 Å². The molecule has 0 spiro atoms. The summed E-state index contributed by atoms with van der Waals surface area (Å²) < 4.78 is 4.89. The summed E-state index contributed by atoms with van der Waals surface area (Å²) in [6.45, 7) is 2.26. The van der Waals surface area contributed by atoms with Crippen LogP contribution in [0.15, 0.2) is 0 Å². The molecule has 0 bridgehead atoms. The Morgan fingerprint density at radius 2 is 2.00 bits per heavy atom. The van der Waals surface area contributed by atoms with Gasteiger partial charge in [0.15, 0.2) is 0 Å². The molecule has 2 aliphatic rings. The summed E-state index contributed by atoms with van der Waals surface area (Å²) in [5.74, 6) is 2.49. The Hall–Kier alpha value is -0.240. The van der Waals surface area contributed by atoms with Gasteiger partial charge in [-0.3, -0.25) is 0 Å². The molecule has 3 heteroatoms. The number of hydrogen-bond acceptors (Lipinski definition) is 2. The van der Waals surface area contributed by atoms with Gasteiger partial charge in [0.2, 0.25) is 0 Å². The van der Waals surface area contributed by atoms with E-state index in [1.807, 2.05) is 0 Å². The van der Waals surface area contributed by atoms with Crippen molar-refractivity contribution in [1.82, 2.24) is 0 Å². The van der Waals surface area contributed by atoms with E-state index in [1.165, 1.54) is 0 Å². The molecule has 2 aliphatic carbocycles. The number of rotatable bonds is 1. The molecule has 0 saturated heterocycles. The zero-order chi connectivity index (χ0) is 8.01. The van der Waals surface area contributed by atoms with Crippen molar-refractivity contribution in [2.24, 2.45) is 17.8 Å². The molecule has 2 saturated carbocycles. The van der Waals surface area contributed by atoms with Crippen LogP contribution in [-0.4, -0.2) is 11.5 Å². The number of fused-ring (bicyclic) bond motifs is 1. The summed E-state index contributed by atoms with van der Waals surface area (Å²) >= 11 is 5.10. The van der Waals surface area contributed by atoms with Gasteiger partial charge in [0.1, 0.15) is 6.10 Å². The minimum Gasteiger partial charge on any atom is -0.450 e. The zero-order valence-electron chi connectivity index (χ0n) is 6.42. The van der Waals surface area contributed by atoms with Crippen LogP contribution >= 0.6 is 11.6 Å². The lowest BCUT2D eigenvalue weighted by atomic mass is 10.1. The van der Waals surface area contributed by atoms with E-state index in [4.69, 9.17) is 16.3 Å². The quantitative estimate of drug-likeness (QED) is 0.571. The van der Waals surface area contributed by atoms with Crippen LogP contribution in [0.3, 0.4) is 0 Å². The maximum absolute atomic E-state index is 10.3. The minimum atomic E-state index is -0.649. The first kappa shape index (κ1) is 7.41. The number of hydrogen-bond donors (Lipinski definition) is 0. The summed E-state index contributed by atoms with van der Waals surface area (Å²) in [4.78, 5) is 10.3. The number of carbonyl (C=O) groups excluding carboxylic acids is 1. The molecular formula is C8H11ClO2. The molecule has 0 aliphatic heterocycles. The van der Waals surface area contributed by atoms with Crippen molar-refractivity contribution in [1.29, 1.82) is 0 Å². The second-order valence-electron chi connectivity index (χ2n) is 3.64.